The van der Waals surface area contributed by atoms with Gasteiger partial charge in [-0.05, 0) is 37.0 Å². The predicted octanol–water partition coefficient (Wildman–Crippen LogP) is 4.59. The van der Waals surface area contributed by atoms with Crippen LogP contribution in [0.4, 0.5) is 0 Å². The molecular weight excluding hydrogens is 258 g/mol. The quantitative estimate of drug-likeness (QED) is 0.771. The summed E-state index contributed by atoms with van der Waals surface area (Å²) in [4.78, 5) is 4.97. The molecule has 0 saturated carbocycles. The Hall–Kier alpha value is -1.35. The molecule has 3 nitrogen and oxygen atoms in total. The largest absolute Gasteiger partial charge is 0.328 e. The van der Waals surface area contributed by atoms with Gasteiger partial charge < -0.3 is 10.3 Å². The van der Waals surface area contributed by atoms with E-state index in [4.69, 9.17) is 10.7 Å². The number of aryl methyl sites for hydroxylation is 1. The molecule has 116 valence electrons. The van der Waals surface area contributed by atoms with E-state index in [-0.39, 0.29) is 0 Å². The number of unbranched alkanes of at least 4 members (excludes halogenated alkanes) is 1. The number of nitrogens with zero attached hydrogens (tertiary/aromatic N) is 2. The van der Waals surface area contributed by atoms with E-state index >= 15 is 0 Å². The number of hydrogen-bond acceptors (Lipinski definition) is 2. The van der Waals surface area contributed by atoms with Crippen LogP contribution in [0.1, 0.15) is 70.2 Å². The molecule has 0 saturated heterocycles. The number of aromatic nitrogens is 2. The number of imidazole rings is 1. The zero-order chi connectivity index (χ0) is 15.2. The van der Waals surface area contributed by atoms with Crippen molar-refractivity contribution in [1.29, 1.82) is 0 Å². The molecule has 0 fully saturated rings. The smallest absolute Gasteiger partial charge is 0.112 e. The monoisotopic (exact) mass is 287 g/mol. The molecule has 1 aromatic heterocycles. The summed E-state index contributed by atoms with van der Waals surface area (Å²) >= 11 is 0. The third-order valence-corrected chi connectivity index (χ3v) is 4.29. The highest BCUT2D eigenvalue weighted by molar-refractivity contribution is 5.77. The molecule has 0 amide bonds. The summed E-state index contributed by atoms with van der Waals surface area (Å²) in [5, 5.41) is 0. The maximum Gasteiger partial charge on any atom is 0.112 e. The van der Waals surface area contributed by atoms with Crippen molar-refractivity contribution in [2.24, 2.45) is 5.73 Å². The van der Waals surface area contributed by atoms with Crippen molar-refractivity contribution in [2.75, 3.05) is 0 Å². The minimum absolute atomic E-state index is 0.574. The standard InChI is InChI=1S/C18H29N3/c1-4-7-8-15(6-3)18-20-16-12-14(13-19)9-10-17(16)21(18)11-5-2/h9-10,12,15H,4-8,11,13,19H2,1-3H3. The molecule has 2 aromatic rings. The number of hydrogen-bond donors (Lipinski definition) is 1. The molecule has 1 aromatic carbocycles. The molecule has 0 bridgehead atoms. The van der Waals surface area contributed by atoms with Gasteiger partial charge in [-0.1, -0.05) is 39.7 Å². The van der Waals surface area contributed by atoms with Crippen LogP contribution in [-0.2, 0) is 13.1 Å². The van der Waals surface area contributed by atoms with Crippen molar-refractivity contribution in [3.63, 3.8) is 0 Å². The van der Waals surface area contributed by atoms with Crippen LogP contribution in [0, 0.1) is 0 Å². The van der Waals surface area contributed by atoms with E-state index in [1.165, 1.54) is 30.6 Å². The number of rotatable bonds is 8. The lowest BCUT2D eigenvalue weighted by Crippen LogP contribution is -2.09. The molecule has 0 aliphatic rings. The summed E-state index contributed by atoms with van der Waals surface area (Å²) in [5.74, 6) is 1.85. The Labute approximate surface area is 128 Å². The first kappa shape index (κ1) is 16.0. The van der Waals surface area contributed by atoms with E-state index in [9.17, 15) is 0 Å². The SMILES string of the molecule is CCCCC(CC)c1nc2cc(CN)ccc2n1CCC. The molecule has 1 heterocycles. The number of nitrogens with two attached hydrogens (primary N) is 1. The summed E-state index contributed by atoms with van der Waals surface area (Å²) in [5.41, 5.74) is 9.30. The average Bonchev–Trinajstić information content (AvgIpc) is 2.86. The van der Waals surface area contributed by atoms with Gasteiger partial charge in [0.25, 0.3) is 0 Å². The van der Waals surface area contributed by atoms with Gasteiger partial charge >= 0.3 is 0 Å². The lowest BCUT2D eigenvalue weighted by molar-refractivity contribution is 0.512. The van der Waals surface area contributed by atoms with Crippen LogP contribution in [0.5, 0.6) is 0 Å². The normalized spacial score (nSPS) is 13.0. The fourth-order valence-electron chi connectivity index (χ4n) is 3.06. The molecule has 0 radical (unpaired) electrons. The Balaban J connectivity index is 2.46. The van der Waals surface area contributed by atoms with Gasteiger partial charge in [0, 0.05) is 19.0 Å². The molecule has 3 heteroatoms. The Morgan fingerprint density at radius 2 is 2.00 bits per heavy atom. The molecule has 0 aliphatic carbocycles. The second-order valence-corrected chi connectivity index (χ2v) is 5.90. The van der Waals surface area contributed by atoms with Crippen molar-refractivity contribution >= 4 is 11.0 Å². The Morgan fingerprint density at radius 1 is 1.19 bits per heavy atom. The van der Waals surface area contributed by atoms with Gasteiger partial charge in [0.15, 0.2) is 0 Å². The maximum absolute atomic E-state index is 5.76. The highest BCUT2D eigenvalue weighted by Gasteiger charge is 2.18. The van der Waals surface area contributed by atoms with Crippen LogP contribution in [0.2, 0.25) is 0 Å². The van der Waals surface area contributed by atoms with Crippen LogP contribution in [0.25, 0.3) is 11.0 Å². The summed E-state index contributed by atoms with van der Waals surface area (Å²) in [6.45, 7) is 8.41. The van der Waals surface area contributed by atoms with Crippen LogP contribution in [-0.4, -0.2) is 9.55 Å². The highest BCUT2D eigenvalue weighted by Crippen LogP contribution is 2.29. The summed E-state index contributed by atoms with van der Waals surface area (Å²) in [7, 11) is 0. The molecule has 2 N–H and O–H groups in total. The minimum Gasteiger partial charge on any atom is -0.328 e. The van der Waals surface area contributed by atoms with E-state index in [2.05, 4.69) is 43.5 Å². The van der Waals surface area contributed by atoms with Crippen molar-refractivity contribution in [2.45, 2.75) is 71.9 Å². The third kappa shape index (κ3) is 3.46. The molecular formula is C18H29N3. The van der Waals surface area contributed by atoms with Crippen LogP contribution >= 0.6 is 0 Å². The van der Waals surface area contributed by atoms with E-state index in [1.807, 2.05) is 0 Å². The maximum atomic E-state index is 5.76. The van der Waals surface area contributed by atoms with Gasteiger partial charge in [-0.25, -0.2) is 4.98 Å². The van der Waals surface area contributed by atoms with Crippen LogP contribution < -0.4 is 5.73 Å². The van der Waals surface area contributed by atoms with Gasteiger partial charge in [0.2, 0.25) is 0 Å². The van der Waals surface area contributed by atoms with Crippen molar-refractivity contribution in [3.05, 3.63) is 29.6 Å². The zero-order valence-corrected chi connectivity index (χ0v) is 13.7. The molecule has 21 heavy (non-hydrogen) atoms. The van der Waals surface area contributed by atoms with Crippen LogP contribution in [0.15, 0.2) is 18.2 Å². The summed E-state index contributed by atoms with van der Waals surface area (Å²) in [6, 6.07) is 6.47. The predicted molar refractivity (Wildman–Crippen MR) is 90.5 cm³/mol. The molecule has 1 unspecified atom stereocenters. The van der Waals surface area contributed by atoms with Crippen molar-refractivity contribution < 1.29 is 0 Å². The fourth-order valence-corrected chi connectivity index (χ4v) is 3.06. The summed E-state index contributed by atoms with van der Waals surface area (Å²) in [6.07, 6.45) is 6.07. The number of benzene rings is 1. The highest BCUT2D eigenvalue weighted by atomic mass is 15.1. The van der Waals surface area contributed by atoms with Gasteiger partial charge in [-0.3, -0.25) is 0 Å². The molecule has 0 aliphatic heterocycles. The lowest BCUT2D eigenvalue weighted by Gasteiger charge is -2.16. The van der Waals surface area contributed by atoms with Gasteiger partial charge in [0.05, 0.1) is 11.0 Å². The molecule has 1 atom stereocenters. The zero-order valence-electron chi connectivity index (χ0n) is 13.7. The van der Waals surface area contributed by atoms with E-state index < -0.39 is 0 Å². The first-order valence-electron chi connectivity index (χ1n) is 8.44. The van der Waals surface area contributed by atoms with Crippen LogP contribution in [0.3, 0.4) is 0 Å². The van der Waals surface area contributed by atoms with Gasteiger partial charge in [-0.15, -0.1) is 0 Å². The summed E-state index contributed by atoms with van der Waals surface area (Å²) < 4.78 is 2.43. The molecule has 0 spiro atoms. The second-order valence-electron chi connectivity index (χ2n) is 5.90. The fraction of sp³-hybridized carbons (Fsp3) is 0.611. The Bertz CT molecular complexity index is 571. The Morgan fingerprint density at radius 3 is 2.62 bits per heavy atom. The molecule has 2 rings (SSSR count). The van der Waals surface area contributed by atoms with Crippen molar-refractivity contribution in [3.8, 4) is 0 Å². The van der Waals surface area contributed by atoms with E-state index in [0.717, 1.165) is 30.5 Å². The van der Waals surface area contributed by atoms with Crippen molar-refractivity contribution in [1.82, 2.24) is 9.55 Å². The average molecular weight is 287 g/mol. The van der Waals surface area contributed by atoms with E-state index in [0.29, 0.717) is 12.5 Å². The first-order valence-corrected chi connectivity index (χ1v) is 8.44. The van der Waals surface area contributed by atoms with E-state index in [1.54, 1.807) is 0 Å². The first-order chi connectivity index (χ1) is 10.2. The topological polar surface area (TPSA) is 43.8 Å². The van der Waals surface area contributed by atoms with Gasteiger partial charge in [-0.2, -0.15) is 0 Å². The van der Waals surface area contributed by atoms with Gasteiger partial charge in [0.1, 0.15) is 5.82 Å². The number of fused-ring (bicyclic) bond motifs is 1. The third-order valence-electron chi connectivity index (χ3n) is 4.29. The second kappa shape index (κ2) is 7.60. The Kier molecular flexibility index (Phi) is 5.80. The minimum atomic E-state index is 0.574. The lowest BCUT2D eigenvalue weighted by atomic mass is 9.98.